The van der Waals surface area contributed by atoms with Crippen molar-refractivity contribution in [3.05, 3.63) is 81.8 Å². The molecular formula is C33H44N4O6. The summed E-state index contributed by atoms with van der Waals surface area (Å²) in [6.07, 6.45) is 7.35. The van der Waals surface area contributed by atoms with Gasteiger partial charge in [0.25, 0.3) is 0 Å². The van der Waals surface area contributed by atoms with Crippen LogP contribution in [-0.4, -0.2) is 55.7 Å². The Labute approximate surface area is 252 Å². The number of carbonyl (C=O) groups is 2. The number of carboxylic acids is 1. The Morgan fingerprint density at radius 1 is 1.05 bits per heavy atom. The lowest BCUT2D eigenvalue weighted by molar-refractivity contribution is -0.137. The molecule has 3 aliphatic rings. The van der Waals surface area contributed by atoms with Crippen LogP contribution < -0.4 is 16.0 Å². The van der Waals surface area contributed by atoms with Crippen LogP contribution in [0, 0.1) is 24.7 Å². The number of aromatic amines is 1. The molecule has 10 heteroatoms. The zero-order chi connectivity index (χ0) is 31.6. The van der Waals surface area contributed by atoms with Gasteiger partial charge in [0.15, 0.2) is 12.2 Å². The van der Waals surface area contributed by atoms with Gasteiger partial charge in [0.2, 0.25) is 5.91 Å². The van der Waals surface area contributed by atoms with Crippen LogP contribution >= 0.6 is 0 Å². The van der Waals surface area contributed by atoms with E-state index in [1.54, 1.807) is 12.2 Å². The molecule has 1 aromatic heterocycles. The van der Waals surface area contributed by atoms with Crippen molar-refractivity contribution in [2.45, 2.75) is 78.2 Å². The molecule has 1 saturated heterocycles. The molecule has 2 unspecified atom stereocenters. The fraction of sp³-hybridized carbons (Fsp3) is 0.455. The van der Waals surface area contributed by atoms with Crippen LogP contribution in [0.4, 0.5) is 0 Å². The molecule has 0 spiro atoms. The predicted octanol–water partition coefficient (Wildman–Crippen LogP) is 3.92. The van der Waals surface area contributed by atoms with Crippen molar-refractivity contribution in [3.63, 3.8) is 0 Å². The van der Waals surface area contributed by atoms with Gasteiger partial charge >= 0.3 is 5.97 Å². The van der Waals surface area contributed by atoms with Crippen molar-refractivity contribution in [1.29, 1.82) is 0 Å². The first-order chi connectivity index (χ1) is 20.4. The first-order valence-electron chi connectivity index (χ1n) is 14.8. The second-order valence-corrected chi connectivity index (χ2v) is 11.8. The van der Waals surface area contributed by atoms with Crippen LogP contribution in [-0.2, 0) is 16.0 Å². The van der Waals surface area contributed by atoms with E-state index in [4.69, 9.17) is 0 Å². The van der Waals surface area contributed by atoms with Crippen LogP contribution in [0.1, 0.15) is 69.0 Å². The van der Waals surface area contributed by atoms with Crippen LogP contribution in [0.2, 0.25) is 0 Å². The van der Waals surface area contributed by atoms with Crippen molar-refractivity contribution in [2.75, 3.05) is 0 Å². The summed E-state index contributed by atoms with van der Waals surface area (Å²) in [5.41, 5.74) is 7.65. The number of carbonyl (C=O) groups excluding carboxylic acids is 1. The summed E-state index contributed by atoms with van der Waals surface area (Å²) in [5, 5.41) is 48.8. The van der Waals surface area contributed by atoms with Gasteiger partial charge in [-0.25, -0.2) is 0 Å². The molecule has 4 heterocycles. The van der Waals surface area contributed by atoms with Gasteiger partial charge in [-0.15, -0.1) is 6.58 Å². The Kier molecular flexibility index (Phi) is 9.72. The van der Waals surface area contributed by atoms with E-state index < -0.39 is 12.3 Å². The monoisotopic (exact) mass is 592 g/mol. The van der Waals surface area contributed by atoms with Crippen molar-refractivity contribution < 1.29 is 30.0 Å². The number of allylic oxidation sites excluding steroid dienone is 3. The number of hydrogen-bond donors (Lipinski definition) is 8. The maximum absolute atomic E-state index is 12.4. The van der Waals surface area contributed by atoms with Crippen LogP contribution in [0.15, 0.2) is 59.3 Å². The molecule has 0 saturated carbocycles. The lowest BCUT2D eigenvalue weighted by Gasteiger charge is -2.23. The summed E-state index contributed by atoms with van der Waals surface area (Å²) in [5.74, 6) is -1.13. The third-order valence-electron chi connectivity index (χ3n) is 9.17. The van der Waals surface area contributed by atoms with Gasteiger partial charge in [-0.2, -0.15) is 0 Å². The Hall–Kier alpha value is -4.02. The summed E-state index contributed by atoms with van der Waals surface area (Å²) < 4.78 is 0. The first kappa shape index (κ1) is 31.9. The van der Waals surface area contributed by atoms with Gasteiger partial charge in [0, 0.05) is 71.0 Å². The molecule has 43 heavy (non-hydrogen) atoms. The van der Waals surface area contributed by atoms with Gasteiger partial charge in [0.1, 0.15) is 0 Å². The van der Waals surface area contributed by atoms with Gasteiger partial charge in [-0.3, -0.25) is 9.59 Å². The molecule has 10 nitrogen and oxygen atoms in total. The Morgan fingerprint density at radius 3 is 2.37 bits per heavy atom. The largest absolute Gasteiger partial charge is 0.495 e. The van der Waals surface area contributed by atoms with Crippen molar-refractivity contribution in [3.8, 4) is 0 Å². The standard InChI is InChI=1S/C33H44N4O6/c1-7-20-19(6)32(42)37-27(20)14-25-18(5)23(10-12-31(40)41)29(35-25)15-28-22(9-11-30(38)39)17(4)24(34-28)13-26-16(3)21(8-2)33(43)36-26/h7-8,14-16,19-20,24,26,31,34-36,40-41,43H,1-2,9-13H2,3-6H3,(H,37,42)(H,38,39)/b27-14-,28-15-/t16?,19-,20-,24?,26-/m1/s1. The Morgan fingerprint density at radius 2 is 1.77 bits per heavy atom. The van der Waals surface area contributed by atoms with Crippen molar-refractivity contribution >= 4 is 24.0 Å². The predicted molar refractivity (Wildman–Crippen MR) is 166 cm³/mol. The van der Waals surface area contributed by atoms with Crippen molar-refractivity contribution in [2.24, 2.45) is 17.8 Å². The summed E-state index contributed by atoms with van der Waals surface area (Å²) in [6.45, 7) is 15.6. The second kappa shape index (κ2) is 13.1. The van der Waals surface area contributed by atoms with Crippen molar-refractivity contribution in [1.82, 2.24) is 20.9 Å². The molecule has 1 amide bonds. The molecule has 8 N–H and O–H groups in total. The third-order valence-corrected chi connectivity index (χ3v) is 9.17. The molecule has 5 atom stereocenters. The fourth-order valence-electron chi connectivity index (χ4n) is 6.43. The molecule has 3 aliphatic heterocycles. The van der Waals surface area contributed by atoms with Gasteiger partial charge < -0.3 is 41.4 Å². The minimum absolute atomic E-state index is 0.0229. The summed E-state index contributed by atoms with van der Waals surface area (Å²) in [4.78, 5) is 27.4. The number of hydrogen-bond acceptors (Lipinski definition) is 7. The molecular weight excluding hydrogens is 548 g/mol. The van der Waals surface area contributed by atoms with Gasteiger partial charge in [-0.05, 0) is 67.5 Å². The molecule has 0 aliphatic carbocycles. The summed E-state index contributed by atoms with van der Waals surface area (Å²) >= 11 is 0. The van der Waals surface area contributed by atoms with E-state index in [2.05, 4.69) is 34.1 Å². The minimum Gasteiger partial charge on any atom is -0.495 e. The zero-order valence-corrected chi connectivity index (χ0v) is 25.3. The number of nitrogens with one attached hydrogen (secondary N) is 4. The Bertz CT molecular complexity index is 1430. The number of rotatable bonds is 12. The highest BCUT2D eigenvalue weighted by atomic mass is 16.5. The summed E-state index contributed by atoms with van der Waals surface area (Å²) in [7, 11) is 0. The topological polar surface area (TPSA) is 167 Å². The number of H-pyrrole nitrogens is 1. The fourth-order valence-corrected chi connectivity index (χ4v) is 6.43. The lowest BCUT2D eigenvalue weighted by atomic mass is 9.90. The van der Waals surface area contributed by atoms with E-state index in [0.717, 1.165) is 50.6 Å². The Balaban J connectivity index is 1.72. The van der Waals surface area contributed by atoms with Crippen LogP contribution in [0.25, 0.3) is 12.2 Å². The highest BCUT2D eigenvalue weighted by Gasteiger charge is 2.36. The maximum atomic E-state index is 12.4. The average molecular weight is 593 g/mol. The van der Waals surface area contributed by atoms with E-state index >= 15 is 0 Å². The number of aliphatic hydroxyl groups excluding tert-OH is 2. The minimum atomic E-state index is -1.47. The van der Waals surface area contributed by atoms with Crippen LogP contribution in [0.5, 0.6) is 0 Å². The number of aliphatic hydroxyl groups is 3. The molecule has 0 aromatic carbocycles. The first-order valence-corrected chi connectivity index (χ1v) is 14.8. The zero-order valence-electron chi connectivity index (χ0n) is 25.3. The third kappa shape index (κ3) is 6.65. The number of carboxylic acid groups (broad SMARTS) is 1. The number of aromatic nitrogens is 1. The molecule has 1 aromatic rings. The van der Waals surface area contributed by atoms with E-state index in [0.29, 0.717) is 19.3 Å². The highest BCUT2D eigenvalue weighted by molar-refractivity contribution is 5.86. The molecule has 0 bridgehead atoms. The SMILES string of the molecule is C=CC1=C(O)N[C@H](CC2N/C(=C\c3[nH]c(/C=C4\NC(=O)[C@H](C)[C@H]4C=C)c(C)c3CCC(O)O)C(CCC(=O)O)=C2C)C1C. The molecule has 0 radical (unpaired) electrons. The van der Waals surface area contributed by atoms with E-state index in [-0.39, 0.29) is 54.5 Å². The molecule has 1 fully saturated rings. The second-order valence-electron chi connectivity index (χ2n) is 11.8. The van der Waals surface area contributed by atoms with E-state index in [1.165, 1.54) is 0 Å². The van der Waals surface area contributed by atoms with Crippen LogP contribution in [0.3, 0.4) is 0 Å². The maximum Gasteiger partial charge on any atom is 0.303 e. The molecule has 4 rings (SSSR count). The lowest BCUT2D eigenvalue weighted by Crippen LogP contribution is -2.36. The van der Waals surface area contributed by atoms with E-state index in [1.807, 2.05) is 39.8 Å². The average Bonchev–Trinajstić information content (AvgIpc) is 3.59. The summed E-state index contributed by atoms with van der Waals surface area (Å²) in [6, 6.07) is -0.120. The normalized spacial score (nSPS) is 27.3. The van der Waals surface area contributed by atoms with Gasteiger partial charge in [-0.1, -0.05) is 32.6 Å². The molecule has 232 valence electrons. The number of aliphatic carboxylic acids is 1. The van der Waals surface area contributed by atoms with Gasteiger partial charge in [0.05, 0.1) is 0 Å². The van der Waals surface area contributed by atoms with E-state index in [9.17, 15) is 30.0 Å². The number of amides is 1. The smallest absolute Gasteiger partial charge is 0.303 e. The highest BCUT2D eigenvalue weighted by Crippen LogP contribution is 2.36. The quantitative estimate of drug-likeness (QED) is 0.134.